The standard InChI is InChI=1S/C11H8F3NO2/c1-17-10(16)5-2-7-6-8(11(12,13)14)3-4-9(7)15/h3-4,6H,15H2,1H3. The molecule has 0 fully saturated rings. The van der Waals surface area contributed by atoms with Crippen LogP contribution >= 0.6 is 0 Å². The smallest absolute Gasteiger partial charge is 0.416 e. The lowest BCUT2D eigenvalue weighted by molar-refractivity contribution is -0.137. The largest absolute Gasteiger partial charge is 0.459 e. The predicted octanol–water partition coefficient (Wildman–Crippen LogP) is 1.81. The summed E-state index contributed by atoms with van der Waals surface area (Å²) in [5, 5.41) is 0. The van der Waals surface area contributed by atoms with E-state index in [0.717, 1.165) is 25.3 Å². The van der Waals surface area contributed by atoms with Gasteiger partial charge in [-0.15, -0.1) is 0 Å². The van der Waals surface area contributed by atoms with Gasteiger partial charge >= 0.3 is 12.1 Å². The Morgan fingerprint density at radius 1 is 1.41 bits per heavy atom. The molecule has 0 aliphatic heterocycles. The van der Waals surface area contributed by atoms with Crippen molar-refractivity contribution in [3.05, 3.63) is 29.3 Å². The van der Waals surface area contributed by atoms with Gasteiger partial charge in [0.25, 0.3) is 0 Å². The molecule has 1 aromatic carbocycles. The summed E-state index contributed by atoms with van der Waals surface area (Å²) >= 11 is 0. The van der Waals surface area contributed by atoms with Crippen LogP contribution in [0.1, 0.15) is 11.1 Å². The first-order valence-electron chi connectivity index (χ1n) is 4.41. The summed E-state index contributed by atoms with van der Waals surface area (Å²) in [5.41, 5.74) is 4.56. The van der Waals surface area contributed by atoms with Crippen molar-refractivity contribution in [1.29, 1.82) is 0 Å². The van der Waals surface area contributed by atoms with Crippen molar-refractivity contribution in [2.75, 3.05) is 12.8 Å². The SMILES string of the molecule is COC(=O)C#Cc1cc(C(F)(F)F)ccc1N. The number of benzene rings is 1. The summed E-state index contributed by atoms with van der Waals surface area (Å²) in [5.74, 6) is 3.39. The molecule has 0 saturated heterocycles. The molecule has 0 heterocycles. The normalized spacial score (nSPS) is 10.4. The minimum absolute atomic E-state index is 0.0643. The van der Waals surface area contributed by atoms with E-state index in [1.165, 1.54) is 0 Å². The van der Waals surface area contributed by atoms with Gasteiger partial charge in [0.05, 0.1) is 12.7 Å². The number of hydrogen-bond donors (Lipinski definition) is 1. The lowest BCUT2D eigenvalue weighted by Crippen LogP contribution is -2.06. The minimum atomic E-state index is -4.48. The molecule has 0 aliphatic carbocycles. The van der Waals surface area contributed by atoms with Gasteiger partial charge in [0.15, 0.2) is 0 Å². The molecule has 0 radical (unpaired) electrons. The zero-order valence-corrected chi connectivity index (χ0v) is 8.76. The van der Waals surface area contributed by atoms with E-state index in [1.807, 2.05) is 5.92 Å². The van der Waals surface area contributed by atoms with E-state index >= 15 is 0 Å². The third-order valence-electron chi connectivity index (χ3n) is 1.87. The maximum Gasteiger partial charge on any atom is 0.416 e. The van der Waals surface area contributed by atoms with Gasteiger partial charge in [-0.2, -0.15) is 13.2 Å². The molecule has 0 aliphatic rings. The third kappa shape index (κ3) is 3.41. The second-order valence-electron chi connectivity index (χ2n) is 3.04. The van der Waals surface area contributed by atoms with E-state index in [0.29, 0.717) is 0 Å². The van der Waals surface area contributed by atoms with Crippen LogP contribution < -0.4 is 5.73 Å². The molecule has 0 unspecified atom stereocenters. The molecule has 0 atom stereocenters. The Bertz CT molecular complexity index is 498. The Morgan fingerprint density at radius 3 is 2.59 bits per heavy atom. The number of hydrogen-bond acceptors (Lipinski definition) is 3. The summed E-state index contributed by atoms with van der Waals surface area (Å²) in [6.07, 6.45) is -4.48. The van der Waals surface area contributed by atoms with E-state index in [4.69, 9.17) is 5.73 Å². The lowest BCUT2D eigenvalue weighted by Gasteiger charge is -2.07. The number of anilines is 1. The molecule has 0 spiro atoms. The van der Waals surface area contributed by atoms with Gasteiger partial charge in [-0.05, 0) is 18.2 Å². The van der Waals surface area contributed by atoms with Crippen molar-refractivity contribution in [3.63, 3.8) is 0 Å². The molecule has 17 heavy (non-hydrogen) atoms. The highest BCUT2D eigenvalue weighted by atomic mass is 19.4. The van der Waals surface area contributed by atoms with Gasteiger partial charge < -0.3 is 10.5 Å². The number of alkyl halides is 3. The predicted molar refractivity (Wildman–Crippen MR) is 54.8 cm³/mol. The fourth-order valence-electron chi connectivity index (χ4n) is 1.01. The minimum Gasteiger partial charge on any atom is -0.459 e. The van der Waals surface area contributed by atoms with Gasteiger partial charge in [0.2, 0.25) is 0 Å². The second-order valence-corrected chi connectivity index (χ2v) is 3.04. The maximum absolute atomic E-state index is 12.4. The van der Waals surface area contributed by atoms with Crippen molar-refractivity contribution >= 4 is 11.7 Å². The molecule has 0 amide bonds. The first-order valence-corrected chi connectivity index (χ1v) is 4.41. The Kier molecular flexibility index (Phi) is 3.63. The first-order chi connectivity index (χ1) is 7.84. The molecule has 0 aromatic heterocycles. The van der Waals surface area contributed by atoms with Gasteiger partial charge in [-0.25, -0.2) is 4.79 Å². The Labute approximate surface area is 95.4 Å². The van der Waals surface area contributed by atoms with Crippen LogP contribution in [0, 0.1) is 11.8 Å². The molecule has 1 aromatic rings. The summed E-state index contributed by atoms with van der Waals surface area (Å²) in [6.45, 7) is 0. The summed E-state index contributed by atoms with van der Waals surface area (Å²) < 4.78 is 41.4. The highest BCUT2D eigenvalue weighted by Gasteiger charge is 2.30. The number of esters is 1. The zero-order valence-electron chi connectivity index (χ0n) is 8.76. The van der Waals surface area contributed by atoms with Gasteiger partial charge in [-0.3, -0.25) is 0 Å². The molecule has 90 valence electrons. The Balaban J connectivity index is 3.15. The number of rotatable bonds is 0. The Hall–Kier alpha value is -2.16. The van der Waals surface area contributed by atoms with Gasteiger partial charge in [0, 0.05) is 17.2 Å². The van der Waals surface area contributed by atoms with E-state index in [9.17, 15) is 18.0 Å². The average molecular weight is 243 g/mol. The fourth-order valence-corrected chi connectivity index (χ4v) is 1.01. The van der Waals surface area contributed by atoms with Crippen molar-refractivity contribution in [2.45, 2.75) is 6.18 Å². The zero-order chi connectivity index (χ0) is 13.1. The molecular weight excluding hydrogens is 235 g/mol. The molecule has 3 nitrogen and oxygen atoms in total. The number of ether oxygens (including phenoxy) is 1. The molecule has 1 rings (SSSR count). The summed E-state index contributed by atoms with van der Waals surface area (Å²) in [7, 11) is 1.12. The van der Waals surface area contributed by atoms with Gasteiger partial charge in [0.1, 0.15) is 0 Å². The van der Waals surface area contributed by atoms with Crippen LogP contribution in [0.5, 0.6) is 0 Å². The van der Waals surface area contributed by atoms with E-state index in [2.05, 4.69) is 10.7 Å². The van der Waals surface area contributed by atoms with E-state index < -0.39 is 17.7 Å². The number of carbonyl (C=O) groups excluding carboxylic acids is 1. The first kappa shape index (κ1) is 12.9. The lowest BCUT2D eigenvalue weighted by atomic mass is 10.1. The molecule has 0 saturated carbocycles. The van der Waals surface area contributed by atoms with Crippen LogP contribution in [-0.2, 0) is 15.7 Å². The third-order valence-corrected chi connectivity index (χ3v) is 1.87. The number of nitrogens with two attached hydrogens (primary N) is 1. The highest BCUT2D eigenvalue weighted by molar-refractivity contribution is 5.89. The van der Waals surface area contributed by atoms with Crippen LogP contribution in [0.15, 0.2) is 18.2 Å². The maximum atomic E-state index is 12.4. The monoisotopic (exact) mass is 243 g/mol. The second kappa shape index (κ2) is 4.78. The summed E-state index contributed by atoms with van der Waals surface area (Å²) in [4.78, 5) is 10.7. The quantitative estimate of drug-likeness (QED) is 0.429. The highest BCUT2D eigenvalue weighted by Crippen LogP contribution is 2.30. The molecule has 2 N–H and O–H groups in total. The van der Waals surface area contributed by atoms with E-state index in [1.54, 1.807) is 0 Å². The van der Waals surface area contributed by atoms with Crippen molar-refractivity contribution in [3.8, 4) is 11.8 Å². The molecular formula is C11H8F3NO2. The van der Waals surface area contributed by atoms with Crippen molar-refractivity contribution in [2.24, 2.45) is 0 Å². The summed E-state index contributed by atoms with van der Waals surface area (Å²) in [6, 6.07) is 2.72. The van der Waals surface area contributed by atoms with Crippen LogP contribution in [-0.4, -0.2) is 13.1 Å². The molecule has 6 heteroatoms. The van der Waals surface area contributed by atoms with Gasteiger partial charge in [-0.1, -0.05) is 5.92 Å². The molecule has 0 bridgehead atoms. The number of halogens is 3. The number of carbonyl (C=O) groups is 1. The average Bonchev–Trinajstić information content (AvgIpc) is 2.26. The Morgan fingerprint density at radius 2 is 2.06 bits per heavy atom. The van der Waals surface area contributed by atoms with Crippen LogP contribution in [0.2, 0.25) is 0 Å². The number of methoxy groups -OCH3 is 1. The van der Waals surface area contributed by atoms with Crippen LogP contribution in [0.3, 0.4) is 0 Å². The van der Waals surface area contributed by atoms with Crippen LogP contribution in [0.25, 0.3) is 0 Å². The van der Waals surface area contributed by atoms with Crippen molar-refractivity contribution in [1.82, 2.24) is 0 Å². The van der Waals surface area contributed by atoms with Crippen LogP contribution in [0.4, 0.5) is 18.9 Å². The van der Waals surface area contributed by atoms with Crippen molar-refractivity contribution < 1.29 is 22.7 Å². The number of nitrogen functional groups attached to an aromatic ring is 1. The topological polar surface area (TPSA) is 52.3 Å². The van der Waals surface area contributed by atoms with E-state index in [-0.39, 0.29) is 11.3 Å². The fraction of sp³-hybridized carbons (Fsp3) is 0.182.